The Labute approximate surface area is 182 Å². The fourth-order valence-corrected chi connectivity index (χ4v) is 5.05. The Bertz CT molecular complexity index is 1180. The minimum absolute atomic E-state index is 0.0253. The van der Waals surface area contributed by atoms with Gasteiger partial charge in [-0.3, -0.25) is 9.52 Å². The molecule has 0 aromatic heterocycles. The monoisotopic (exact) mass is 471 g/mol. The van der Waals surface area contributed by atoms with Crippen LogP contribution in [0, 0.1) is 0 Å². The van der Waals surface area contributed by atoms with E-state index in [0.29, 0.717) is 0 Å². The molecule has 0 radical (unpaired) electrons. The van der Waals surface area contributed by atoms with E-state index in [1.54, 1.807) is 13.8 Å². The number of hydrogen-bond acceptors (Lipinski definition) is 7. The summed E-state index contributed by atoms with van der Waals surface area (Å²) in [6.45, 7) is 3.33. The van der Waals surface area contributed by atoms with Gasteiger partial charge in [0.2, 0.25) is 10.0 Å². The molecule has 3 N–H and O–H groups in total. The number of carbonyl (C=O) groups excluding carboxylic acids is 1. The Balaban J connectivity index is 2.52. The summed E-state index contributed by atoms with van der Waals surface area (Å²) in [7, 11) is -3.98. The van der Waals surface area contributed by atoms with Crippen LogP contribution in [0.15, 0.2) is 46.2 Å². The zero-order valence-electron chi connectivity index (χ0n) is 17.7. The predicted octanol–water partition coefficient (Wildman–Crippen LogP) is 1.55. The topological polar surface area (TPSA) is 140 Å². The minimum atomic E-state index is -4.20. The summed E-state index contributed by atoms with van der Waals surface area (Å²) in [5, 5.41) is 2.41. The molecule has 2 rings (SSSR count). The highest BCUT2D eigenvalue weighted by molar-refractivity contribution is 7.92. The van der Waals surface area contributed by atoms with Crippen molar-refractivity contribution in [3.05, 3.63) is 42.0 Å². The summed E-state index contributed by atoms with van der Waals surface area (Å²) in [6.07, 6.45) is 0. The number of rotatable bonds is 9. The Morgan fingerprint density at radius 3 is 1.94 bits per heavy atom. The second-order valence-corrected chi connectivity index (χ2v) is 10.1. The van der Waals surface area contributed by atoms with Crippen molar-refractivity contribution in [1.29, 1.82) is 0 Å². The minimum Gasteiger partial charge on any atom is -0.496 e. The van der Waals surface area contributed by atoms with Crippen molar-refractivity contribution >= 4 is 31.6 Å². The van der Waals surface area contributed by atoms with Crippen LogP contribution >= 0.6 is 0 Å². The van der Waals surface area contributed by atoms with Crippen LogP contribution < -0.4 is 24.2 Å². The summed E-state index contributed by atoms with van der Waals surface area (Å²) in [5.74, 6) is -0.213. The fourth-order valence-electron chi connectivity index (χ4n) is 2.68. The second-order valence-electron chi connectivity index (χ2n) is 6.68. The van der Waals surface area contributed by atoms with Crippen molar-refractivity contribution < 1.29 is 31.1 Å². The van der Waals surface area contributed by atoms with Gasteiger partial charge < -0.3 is 14.8 Å². The summed E-state index contributed by atoms with van der Waals surface area (Å²) >= 11 is 0. The molecule has 0 saturated carbocycles. The van der Waals surface area contributed by atoms with E-state index >= 15 is 0 Å². The summed E-state index contributed by atoms with van der Waals surface area (Å²) in [4.78, 5) is 11.7. The molecule has 0 aliphatic heterocycles. The number of anilines is 1. The SMILES string of the molecule is CNC(=O)c1cc(S(=O)(=O)Nc2cc(S(=O)(=O)NC(C)C)ccc2OC)ccc1OC. The van der Waals surface area contributed by atoms with Crippen molar-refractivity contribution in [2.24, 2.45) is 0 Å². The van der Waals surface area contributed by atoms with Crippen molar-refractivity contribution in [1.82, 2.24) is 10.0 Å². The van der Waals surface area contributed by atoms with Crippen LogP contribution in [0.5, 0.6) is 11.5 Å². The molecular weight excluding hydrogens is 446 g/mol. The average Bonchev–Trinajstić information content (AvgIpc) is 2.71. The maximum Gasteiger partial charge on any atom is 0.262 e. The third kappa shape index (κ3) is 5.66. The molecular formula is C19H25N3O7S2. The quantitative estimate of drug-likeness (QED) is 0.504. The predicted molar refractivity (Wildman–Crippen MR) is 116 cm³/mol. The van der Waals surface area contributed by atoms with Gasteiger partial charge in [-0.15, -0.1) is 0 Å². The van der Waals surface area contributed by atoms with Crippen LogP contribution in [-0.2, 0) is 20.0 Å². The van der Waals surface area contributed by atoms with Gasteiger partial charge in [0, 0.05) is 13.1 Å². The number of carbonyl (C=O) groups is 1. The Morgan fingerprint density at radius 2 is 1.42 bits per heavy atom. The van der Waals surface area contributed by atoms with E-state index in [0.717, 1.165) is 12.1 Å². The lowest BCUT2D eigenvalue weighted by Crippen LogP contribution is -2.30. The number of nitrogens with one attached hydrogen (secondary N) is 3. The lowest BCUT2D eigenvalue weighted by molar-refractivity contribution is 0.0960. The molecule has 0 unspecified atom stereocenters. The van der Waals surface area contributed by atoms with Gasteiger partial charge in [0.25, 0.3) is 15.9 Å². The summed E-state index contributed by atoms with van der Waals surface area (Å²) in [5.41, 5.74) is -0.0521. The van der Waals surface area contributed by atoms with E-state index in [9.17, 15) is 21.6 Å². The van der Waals surface area contributed by atoms with Crippen LogP contribution in [0.1, 0.15) is 24.2 Å². The highest BCUT2D eigenvalue weighted by Gasteiger charge is 2.23. The lowest BCUT2D eigenvalue weighted by atomic mass is 10.2. The van der Waals surface area contributed by atoms with Crippen molar-refractivity contribution in [2.75, 3.05) is 26.0 Å². The molecule has 0 aliphatic carbocycles. The number of ether oxygens (including phenoxy) is 2. The van der Waals surface area contributed by atoms with Crippen molar-refractivity contribution in [2.45, 2.75) is 29.7 Å². The molecule has 31 heavy (non-hydrogen) atoms. The molecule has 0 heterocycles. The Kier molecular flexibility index (Phi) is 7.52. The standard InChI is InChI=1S/C19H25N3O7S2/c1-12(2)21-30(24,25)14-7-9-18(29-5)16(11-14)22-31(26,27)13-6-8-17(28-4)15(10-13)19(23)20-3/h6-12,21-22H,1-5H3,(H,20,23). The molecule has 2 aromatic carbocycles. The van der Waals surface area contributed by atoms with E-state index in [1.165, 1.54) is 45.5 Å². The first-order chi connectivity index (χ1) is 14.4. The third-order valence-electron chi connectivity index (χ3n) is 4.07. The van der Waals surface area contributed by atoms with Crippen LogP contribution in [0.4, 0.5) is 5.69 Å². The van der Waals surface area contributed by atoms with Gasteiger partial charge in [0.05, 0.1) is 35.3 Å². The number of hydrogen-bond donors (Lipinski definition) is 3. The second kappa shape index (κ2) is 9.54. The maximum atomic E-state index is 13.0. The number of benzene rings is 2. The van der Waals surface area contributed by atoms with Gasteiger partial charge in [-0.1, -0.05) is 0 Å². The largest absolute Gasteiger partial charge is 0.496 e. The summed E-state index contributed by atoms with van der Waals surface area (Å²) < 4.78 is 65.9. The molecule has 0 aliphatic rings. The molecule has 0 fully saturated rings. The number of methoxy groups -OCH3 is 2. The normalized spacial score (nSPS) is 11.8. The zero-order valence-corrected chi connectivity index (χ0v) is 19.3. The van der Waals surface area contributed by atoms with Gasteiger partial charge in [0.15, 0.2) is 0 Å². The smallest absolute Gasteiger partial charge is 0.262 e. The molecule has 0 bridgehead atoms. The first-order valence-electron chi connectivity index (χ1n) is 9.08. The van der Waals surface area contributed by atoms with Gasteiger partial charge in [-0.05, 0) is 50.2 Å². The maximum absolute atomic E-state index is 13.0. The Morgan fingerprint density at radius 1 is 0.871 bits per heavy atom. The molecule has 0 saturated heterocycles. The molecule has 0 atom stereocenters. The number of amides is 1. The van der Waals surface area contributed by atoms with E-state index in [-0.39, 0.29) is 38.6 Å². The number of sulfonamides is 2. The molecule has 170 valence electrons. The van der Waals surface area contributed by atoms with Gasteiger partial charge in [-0.25, -0.2) is 21.6 Å². The van der Waals surface area contributed by atoms with Gasteiger partial charge in [0.1, 0.15) is 11.5 Å². The first-order valence-corrected chi connectivity index (χ1v) is 12.0. The Hall–Kier alpha value is -2.83. The third-order valence-corrected chi connectivity index (χ3v) is 7.09. The van der Waals surface area contributed by atoms with Crippen LogP contribution in [0.25, 0.3) is 0 Å². The molecule has 0 spiro atoms. The van der Waals surface area contributed by atoms with E-state index in [2.05, 4.69) is 14.8 Å². The van der Waals surface area contributed by atoms with Crippen molar-refractivity contribution in [3.8, 4) is 11.5 Å². The van der Waals surface area contributed by atoms with Gasteiger partial charge in [-0.2, -0.15) is 0 Å². The first kappa shape index (κ1) is 24.4. The van der Waals surface area contributed by atoms with Crippen LogP contribution in [-0.4, -0.2) is 50.1 Å². The van der Waals surface area contributed by atoms with E-state index in [4.69, 9.17) is 9.47 Å². The summed E-state index contributed by atoms with van der Waals surface area (Å²) in [6, 6.07) is 7.23. The zero-order chi connectivity index (χ0) is 23.4. The van der Waals surface area contributed by atoms with Gasteiger partial charge >= 0.3 is 0 Å². The van der Waals surface area contributed by atoms with E-state index < -0.39 is 26.0 Å². The average molecular weight is 472 g/mol. The van der Waals surface area contributed by atoms with E-state index in [1.807, 2.05) is 0 Å². The molecule has 2 aromatic rings. The highest BCUT2D eigenvalue weighted by Crippen LogP contribution is 2.31. The highest BCUT2D eigenvalue weighted by atomic mass is 32.2. The molecule has 1 amide bonds. The van der Waals surface area contributed by atoms with Crippen LogP contribution in [0.2, 0.25) is 0 Å². The van der Waals surface area contributed by atoms with Crippen molar-refractivity contribution in [3.63, 3.8) is 0 Å². The fraction of sp³-hybridized carbons (Fsp3) is 0.316. The van der Waals surface area contributed by atoms with Crippen LogP contribution in [0.3, 0.4) is 0 Å². The molecule has 12 heteroatoms. The lowest BCUT2D eigenvalue weighted by Gasteiger charge is -2.16. The molecule has 10 nitrogen and oxygen atoms in total.